The lowest BCUT2D eigenvalue weighted by molar-refractivity contribution is 0.210. The van der Waals surface area contributed by atoms with E-state index in [-0.39, 0.29) is 0 Å². The highest BCUT2D eigenvalue weighted by molar-refractivity contribution is 5.54. The van der Waals surface area contributed by atoms with Crippen LogP contribution in [0.2, 0.25) is 0 Å². The molecule has 3 heterocycles. The topological polar surface area (TPSA) is 58.0 Å². The summed E-state index contributed by atoms with van der Waals surface area (Å²) in [4.78, 5) is 10.3. The normalized spacial score (nSPS) is 18.6. The molecule has 2 aromatic heterocycles. The Morgan fingerprint density at radius 1 is 1.26 bits per heavy atom. The van der Waals surface area contributed by atoms with Gasteiger partial charge in [0.15, 0.2) is 0 Å². The maximum absolute atomic E-state index is 5.46. The van der Waals surface area contributed by atoms with Crippen molar-refractivity contribution in [3.05, 3.63) is 59.7 Å². The van der Waals surface area contributed by atoms with Gasteiger partial charge in [0.2, 0.25) is 11.7 Å². The van der Waals surface area contributed by atoms with Crippen LogP contribution >= 0.6 is 0 Å². The molecule has 1 atom stereocenters. The first-order valence-electron chi connectivity index (χ1n) is 8.06. The van der Waals surface area contributed by atoms with Crippen LogP contribution in [0.4, 0.5) is 0 Å². The van der Waals surface area contributed by atoms with E-state index in [1.807, 2.05) is 24.4 Å². The summed E-state index contributed by atoms with van der Waals surface area (Å²) in [5, 5.41) is 4.13. The van der Waals surface area contributed by atoms with Crippen LogP contribution in [0.15, 0.2) is 47.1 Å². The summed E-state index contributed by atoms with van der Waals surface area (Å²) in [6.45, 7) is 3.83. The minimum absolute atomic E-state index is 0.416. The molecule has 1 N–H and O–H groups in total. The van der Waals surface area contributed by atoms with E-state index in [2.05, 4.69) is 45.1 Å². The largest absolute Gasteiger partial charge is 0.364 e. The molecule has 5 heteroatoms. The van der Waals surface area contributed by atoms with Crippen LogP contribution in [-0.4, -0.2) is 26.6 Å². The van der Waals surface area contributed by atoms with Crippen molar-refractivity contribution >= 4 is 0 Å². The molecule has 118 valence electrons. The summed E-state index contributed by atoms with van der Waals surface area (Å²) in [6, 6.07) is 12.8. The van der Waals surface area contributed by atoms with Crippen LogP contribution in [0.1, 0.15) is 36.0 Å². The Morgan fingerprint density at radius 3 is 2.91 bits per heavy atom. The molecule has 1 aliphatic heterocycles. The van der Waals surface area contributed by atoms with Gasteiger partial charge in [0.25, 0.3) is 0 Å². The zero-order valence-electron chi connectivity index (χ0n) is 13.2. The fourth-order valence-corrected chi connectivity index (χ4v) is 3.23. The molecule has 1 fully saturated rings. The van der Waals surface area contributed by atoms with Crippen LogP contribution in [0.3, 0.4) is 0 Å². The van der Waals surface area contributed by atoms with Crippen LogP contribution in [0.25, 0.3) is 11.4 Å². The van der Waals surface area contributed by atoms with Crippen LogP contribution < -0.4 is 0 Å². The van der Waals surface area contributed by atoms with E-state index in [1.165, 1.54) is 24.1 Å². The number of hydrogen-bond acceptors (Lipinski definition) is 4. The van der Waals surface area contributed by atoms with Crippen molar-refractivity contribution in [3.8, 4) is 11.4 Å². The zero-order valence-corrected chi connectivity index (χ0v) is 13.2. The summed E-state index contributed by atoms with van der Waals surface area (Å²) in [5.74, 6) is 1.34. The standard InChI is InChI=1S/C18H20N4O/c1-13-6-8-14(9-7-13)18-20-17(23-21-18)12-22-11-3-5-16(22)15-4-2-10-19-15/h2,4,6-10,16,19H,3,5,11-12H2,1H3. The maximum atomic E-state index is 5.46. The molecule has 0 saturated carbocycles. The second kappa shape index (κ2) is 6.01. The third-order valence-electron chi connectivity index (χ3n) is 4.46. The molecule has 1 aromatic carbocycles. The molecule has 3 aromatic rings. The Hall–Kier alpha value is -2.40. The molecule has 0 aliphatic carbocycles. The average molecular weight is 308 g/mol. The third-order valence-corrected chi connectivity index (χ3v) is 4.46. The predicted molar refractivity (Wildman–Crippen MR) is 87.6 cm³/mol. The Morgan fingerprint density at radius 2 is 2.13 bits per heavy atom. The summed E-state index contributed by atoms with van der Waals surface area (Å²) < 4.78 is 5.46. The third kappa shape index (κ3) is 2.92. The first-order chi connectivity index (χ1) is 11.3. The van der Waals surface area contributed by atoms with Gasteiger partial charge in [-0.25, -0.2) is 0 Å². The monoisotopic (exact) mass is 308 g/mol. The number of nitrogens with one attached hydrogen (secondary N) is 1. The van der Waals surface area contributed by atoms with Gasteiger partial charge in [-0.1, -0.05) is 35.0 Å². The second-order valence-electron chi connectivity index (χ2n) is 6.13. The highest BCUT2D eigenvalue weighted by Crippen LogP contribution is 2.32. The number of aromatic nitrogens is 3. The lowest BCUT2D eigenvalue weighted by atomic mass is 10.1. The van der Waals surface area contributed by atoms with Gasteiger partial charge in [-0.05, 0) is 38.4 Å². The van der Waals surface area contributed by atoms with Crippen LogP contribution in [0, 0.1) is 6.92 Å². The van der Waals surface area contributed by atoms with Crippen molar-refractivity contribution in [3.63, 3.8) is 0 Å². The Kier molecular flexibility index (Phi) is 3.71. The molecule has 0 bridgehead atoms. The van der Waals surface area contributed by atoms with Gasteiger partial charge in [-0.3, -0.25) is 4.90 Å². The van der Waals surface area contributed by atoms with Crippen LogP contribution in [-0.2, 0) is 6.54 Å². The van der Waals surface area contributed by atoms with Gasteiger partial charge >= 0.3 is 0 Å². The Labute approximate surface area is 135 Å². The van der Waals surface area contributed by atoms with Crippen molar-refractivity contribution in [1.29, 1.82) is 0 Å². The molecule has 23 heavy (non-hydrogen) atoms. The highest BCUT2D eigenvalue weighted by Gasteiger charge is 2.28. The van der Waals surface area contributed by atoms with Gasteiger partial charge in [-0.15, -0.1) is 0 Å². The first-order valence-corrected chi connectivity index (χ1v) is 8.06. The van der Waals surface area contributed by atoms with Crippen molar-refractivity contribution in [2.75, 3.05) is 6.54 Å². The molecule has 1 unspecified atom stereocenters. The van der Waals surface area contributed by atoms with Gasteiger partial charge in [-0.2, -0.15) is 4.98 Å². The number of aromatic amines is 1. The number of aryl methyl sites for hydroxylation is 1. The quantitative estimate of drug-likeness (QED) is 0.798. The van der Waals surface area contributed by atoms with Crippen molar-refractivity contribution < 1.29 is 4.52 Å². The average Bonchev–Trinajstić information content (AvgIpc) is 3.29. The summed E-state index contributed by atoms with van der Waals surface area (Å²) in [6.07, 6.45) is 4.34. The smallest absolute Gasteiger partial charge is 0.241 e. The summed E-state index contributed by atoms with van der Waals surface area (Å²) in [7, 11) is 0. The van der Waals surface area contributed by atoms with Crippen molar-refractivity contribution in [2.24, 2.45) is 0 Å². The molecule has 0 amide bonds. The Bertz CT molecular complexity index is 761. The van der Waals surface area contributed by atoms with Crippen molar-refractivity contribution in [1.82, 2.24) is 20.0 Å². The Balaban J connectivity index is 1.50. The predicted octanol–water partition coefficient (Wildman–Crippen LogP) is 3.71. The van der Waals surface area contributed by atoms with E-state index >= 15 is 0 Å². The number of H-pyrrole nitrogens is 1. The second-order valence-corrected chi connectivity index (χ2v) is 6.13. The molecule has 0 spiro atoms. The molecule has 1 aliphatic rings. The van der Waals surface area contributed by atoms with Crippen molar-refractivity contribution in [2.45, 2.75) is 32.4 Å². The van der Waals surface area contributed by atoms with Crippen LogP contribution in [0.5, 0.6) is 0 Å². The maximum Gasteiger partial charge on any atom is 0.241 e. The molecule has 5 nitrogen and oxygen atoms in total. The van der Waals surface area contributed by atoms with E-state index in [9.17, 15) is 0 Å². The fraction of sp³-hybridized carbons (Fsp3) is 0.333. The first kappa shape index (κ1) is 14.2. The number of likely N-dealkylation sites (tertiary alicyclic amines) is 1. The lowest BCUT2D eigenvalue weighted by Crippen LogP contribution is -2.23. The SMILES string of the molecule is Cc1ccc(-c2noc(CN3CCCC3c3ccc[nH]3)n2)cc1. The molecule has 0 radical (unpaired) electrons. The number of hydrogen-bond donors (Lipinski definition) is 1. The lowest BCUT2D eigenvalue weighted by Gasteiger charge is -2.21. The van der Waals surface area contributed by atoms with Gasteiger partial charge in [0.05, 0.1) is 12.6 Å². The summed E-state index contributed by atoms with van der Waals surface area (Å²) in [5.41, 5.74) is 3.48. The minimum Gasteiger partial charge on any atom is -0.364 e. The van der Waals surface area contributed by atoms with E-state index in [0.29, 0.717) is 24.3 Å². The number of nitrogens with zero attached hydrogens (tertiary/aromatic N) is 3. The molecule has 4 rings (SSSR count). The number of rotatable bonds is 4. The molecular formula is C18H20N4O. The highest BCUT2D eigenvalue weighted by atomic mass is 16.5. The molecular weight excluding hydrogens is 288 g/mol. The van der Waals surface area contributed by atoms with Gasteiger partial charge in [0.1, 0.15) is 0 Å². The van der Waals surface area contributed by atoms with E-state index < -0.39 is 0 Å². The van der Waals surface area contributed by atoms with E-state index in [4.69, 9.17) is 4.52 Å². The minimum atomic E-state index is 0.416. The van der Waals surface area contributed by atoms with Gasteiger partial charge in [0, 0.05) is 17.5 Å². The number of benzene rings is 1. The van der Waals surface area contributed by atoms with E-state index in [1.54, 1.807) is 0 Å². The summed E-state index contributed by atoms with van der Waals surface area (Å²) >= 11 is 0. The fourth-order valence-electron chi connectivity index (χ4n) is 3.23. The molecule has 1 saturated heterocycles. The van der Waals surface area contributed by atoms with Gasteiger partial charge < -0.3 is 9.51 Å². The zero-order chi connectivity index (χ0) is 15.6. The van der Waals surface area contributed by atoms with E-state index in [0.717, 1.165) is 12.1 Å².